The molecule has 2 heteroatoms. The summed E-state index contributed by atoms with van der Waals surface area (Å²) >= 11 is 1.79. The zero-order chi connectivity index (χ0) is 14.2. The van der Waals surface area contributed by atoms with Gasteiger partial charge in [0, 0.05) is 4.70 Å². The van der Waals surface area contributed by atoms with Gasteiger partial charge in [-0.1, -0.05) is 48.9 Å². The third kappa shape index (κ3) is 2.19. The van der Waals surface area contributed by atoms with Gasteiger partial charge in [0.1, 0.15) is 0 Å². The lowest BCUT2D eigenvalue weighted by atomic mass is 9.76. The summed E-state index contributed by atoms with van der Waals surface area (Å²) in [7, 11) is 0. The third-order valence-corrected chi connectivity index (χ3v) is 5.70. The molecule has 0 radical (unpaired) electrons. The van der Waals surface area contributed by atoms with Gasteiger partial charge in [0.2, 0.25) is 0 Å². The highest BCUT2D eigenvalue weighted by Crippen LogP contribution is 2.41. The van der Waals surface area contributed by atoms with Gasteiger partial charge in [-0.05, 0) is 52.3 Å². The highest BCUT2D eigenvalue weighted by Gasteiger charge is 2.25. The quantitative estimate of drug-likeness (QED) is 0.704. The molecule has 4 rings (SSSR count). The third-order valence-electron chi connectivity index (χ3n) is 4.72. The molecule has 21 heavy (non-hydrogen) atoms. The second kappa shape index (κ2) is 5.28. The van der Waals surface area contributed by atoms with Gasteiger partial charge in [0.05, 0.1) is 6.04 Å². The van der Waals surface area contributed by atoms with Gasteiger partial charge in [-0.15, -0.1) is 11.3 Å². The van der Waals surface area contributed by atoms with Gasteiger partial charge < -0.3 is 5.73 Å². The number of benzene rings is 2. The highest BCUT2D eigenvalue weighted by molar-refractivity contribution is 7.17. The second-order valence-electron chi connectivity index (χ2n) is 5.92. The Morgan fingerprint density at radius 1 is 0.952 bits per heavy atom. The number of rotatable bonds is 3. The molecule has 106 valence electrons. The van der Waals surface area contributed by atoms with Gasteiger partial charge in [0.25, 0.3) is 0 Å². The minimum Gasteiger partial charge on any atom is -0.320 e. The molecule has 0 bridgehead atoms. The van der Waals surface area contributed by atoms with E-state index in [1.807, 2.05) is 0 Å². The molecule has 1 fully saturated rings. The number of hydrogen-bond donors (Lipinski definition) is 1. The molecule has 3 aromatic rings. The van der Waals surface area contributed by atoms with Crippen molar-refractivity contribution in [2.75, 3.05) is 0 Å². The van der Waals surface area contributed by atoms with Crippen LogP contribution in [-0.2, 0) is 0 Å². The monoisotopic (exact) mass is 293 g/mol. The normalized spacial score (nSPS) is 16.8. The summed E-state index contributed by atoms with van der Waals surface area (Å²) in [5.41, 5.74) is 10.7. The summed E-state index contributed by atoms with van der Waals surface area (Å²) in [5.74, 6) is 0.720. The van der Waals surface area contributed by atoms with E-state index in [-0.39, 0.29) is 6.04 Å². The lowest BCUT2D eigenvalue weighted by Gasteiger charge is -2.29. The number of thiophene rings is 1. The Hall–Kier alpha value is -1.64. The van der Waals surface area contributed by atoms with Crippen molar-refractivity contribution in [1.82, 2.24) is 0 Å². The lowest BCUT2D eigenvalue weighted by molar-refractivity contribution is 0.416. The molecule has 1 atom stereocenters. The van der Waals surface area contributed by atoms with Gasteiger partial charge >= 0.3 is 0 Å². The first-order valence-corrected chi connectivity index (χ1v) is 8.53. The fraction of sp³-hybridized carbons (Fsp3) is 0.263. The molecule has 0 saturated heterocycles. The molecule has 1 aliphatic rings. The smallest absolute Gasteiger partial charge is 0.0568 e. The Morgan fingerprint density at radius 3 is 2.52 bits per heavy atom. The van der Waals surface area contributed by atoms with E-state index >= 15 is 0 Å². The zero-order valence-electron chi connectivity index (χ0n) is 12.0. The molecule has 0 amide bonds. The summed E-state index contributed by atoms with van der Waals surface area (Å²) in [4.78, 5) is 0. The number of hydrogen-bond acceptors (Lipinski definition) is 2. The fourth-order valence-corrected chi connectivity index (χ4v) is 4.29. The SMILES string of the molecule is NC(c1ccccc1C1CCC1)c1csc2ccccc12. The Balaban J connectivity index is 1.79. The molecule has 1 nitrogen and oxygen atoms in total. The van der Waals surface area contributed by atoms with Crippen LogP contribution in [0.5, 0.6) is 0 Å². The van der Waals surface area contributed by atoms with Crippen LogP contribution in [-0.4, -0.2) is 0 Å². The number of fused-ring (bicyclic) bond motifs is 1. The summed E-state index contributed by atoms with van der Waals surface area (Å²) in [6, 6.07) is 17.3. The maximum Gasteiger partial charge on any atom is 0.0568 e. The van der Waals surface area contributed by atoms with Crippen molar-refractivity contribution in [1.29, 1.82) is 0 Å². The Labute approximate surface area is 129 Å². The van der Waals surface area contributed by atoms with Crippen LogP contribution in [0.25, 0.3) is 10.1 Å². The van der Waals surface area contributed by atoms with Crippen LogP contribution in [0, 0.1) is 0 Å². The van der Waals surface area contributed by atoms with Crippen molar-refractivity contribution < 1.29 is 0 Å². The van der Waals surface area contributed by atoms with E-state index < -0.39 is 0 Å². The predicted octanol–water partition coefficient (Wildman–Crippen LogP) is 5.22. The first-order chi connectivity index (χ1) is 10.3. The first kappa shape index (κ1) is 13.1. The average Bonchev–Trinajstić information content (AvgIpc) is 2.89. The van der Waals surface area contributed by atoms with Crippen LogP contribution < -0.4 is 5.73 Å². The standard InChI is InChI=1S/C19H19NS/c20-19(17-12-21-18-11-4-3-9-15(17)18)16-10-2-1-8-14(16)13-6-5-7-13/h1-4,8-13,19H,5-7,20H2. The lowest BCUT2D eigenvalue weighted by Crippen LogP contribution is -2.18. The molecule has 2 N–H and O–H groups in total. The fourth-order valence-electron chi connectivity index (χ4n) is 3.29. The topological polar surface area (TPSA) is 26.0 Å². The Morgan fingerprint density at radius 2 is 1.71 bits per heavy atom. The van der Waals surface area contributed by atoms with Crippen molar-refractivity contribution in [3.63, 3.8) is 0 Å². The van der Waals surface area contributed by atoms with Crippen molar-refractivity contribution in [3.05, 3.63) is 70.6 Å². The minimum absolute atomic E-state index is 0.0158. The van der Waals surface area contributed by atoms with Crippen LogP contribution in [0.4, 0.5) is 0 Å². The largest absolute Gasteiger partial charge is 0.320 e. The van der Waals surface area contributed by atoms with Crippen LogP contribution in [0.15, 0.2) is 53.9 Å². The van der Waals surface area contributed by atoms with E-state index in [2.05, 4.69) is 53.9 Å². The minimum atomic E-state index is -0.0158. The maximum absolute atomic E-state index is 6.65. The van der Waals surface area contributed by atoms with E-state index in [9.17, 15) is 0 Å². The van der Waals surface area contributed by atoms with Gasteiger partial charge in [0.15, 0.2) is 0 Å². The van der Waals surface area contributed by atoms with Crippen molar-refractivity contribution in [3.8, 4) is 0 Å². The summed E-state index contributed by atoms with van der Waals surface area (Å²) < 4.78 is 1.32. The molecule has 1 aliphatic carbocycles. The van der Waals surface area contributed by atoms with Crippen LogP contribution >= 0.6 is 11.3 Å². The molecule has 0 aliphatic heterocycles. The second-order valence-corrected chi connectivity index (χ2v) is 6.83. The molecule has 1 aromatic heterocycles. The molecular weight excluding hydrogens is 274 g/mol. The van der Waals surface area contributed by atoms with E-state index in [0.717, 1.165) is 5.92 Å². The van der Waals surface area contributed by atoms with Crippen LogP contribution in [0.1, 0.15) is 47.9 Å². The summed E-state index contributed by atoms with van der Waals surface area (Å²) in [6.45, 7) is 0. The number of nitrogens with two attached hydrogens (primary N) is 1. The molecule has 0 spiro atoms. The maximum atomic E-state index is 6.65. The Kier molecular flexibility index (Phi) is 3.28. The molecule has 2 aromatic carbocycles. The van der Waals surface area contributed by atoms with Crippen molar-refractivity contribution in [2.45, 2.75) is 31.2 Å². The van der Waals surface area contributed by atoms with Gasteiger partial charge in [-0.2, -0.15) is 0 Å². The zero-order valence-corrected chi connectivity index (χ0v) is 12.8. The van der Waals surface area contributed by atoms with E-state index in [4.69, 9.17) is 5.73 Å². The summed E-state index contributed by atoms with van der Waals surface area (Å²) in [6.07, 6.45) is 3.98. The predicted molar refractivity (Wildman–Crippen MR) is 90.9 cm³/mol. The van der Waals surface area contributed by atoms with Gasteiger partial charge in [-0.25, -0.2) is 0 Å². The van der Waals surface area contributed by atoms with Crippen molar-refractivity contribution >= 4 is 21.4 Å². The average molecular weight is 293 g/mol. The molecule has 1 heterocycles. The first-order valence-electron chi connectivity index (χ1n) is 7.65. The molecule has 1 unspecified atom stereocenters. The molecular formula is C19H19NS. The van der Waals surface area contributed by atoms with Crippen LogP contribution in [0.3, 0.4) is 0 Å². The van der Waals surface area contributed by atoms with E-state index in [1.165, 1.54) is 46.0 Å². The van der Waals surface area contributed by atoms with E-state index in [0.29, 0.717) is 0 Å². The molecule has 1 saturated carbocycles. The highest BCUT2D eigenvalue weighted by atomic mass is 32.1. The van der Waals surface area contributed by atoms with Crippen molar-refractivity contribution in [2.24, 2.45) is 5.73 Å². The Bertz CT molecular complexity index is 770. The van der Waals surface area contributed by atoms with Gasteiger partial charge in [-0.3, -0.25) is 0 Å². The summed E-state index contributed by atoms with van der Waals surface area (Å²) in [5, 5.41) is 3.53. The van der Waals surface area contributed by atoms with E-state index in [1.54, 1.807) is 11.3 Å². The van der Waals surface area contributed by atoms with Crippen LogP contribution in [0.2, 0.25) is 0 Å².